The van der Waals surface area contributed by atoms with Gasteiger partial charge in [-0.2, -0.15) is 9.46 Å². The van der Waals surface area contributed by atoms with Crippen LogP contribution in [0.3, 0.4) is 0 Å². The highest BCUT2D eigenvalue weighted by Crippen LogP contribution is 2.30. The Kier molecular flexibility index (Phi) is 4.68. The molecule has 0 bridgehead atoms. The molecule has 0 aliphatic heterocycles. The van der Waals surface area contributed by atoms with Gasteiger partial charge in [0.05, 0.1) is 14.2 Å². The molecule has 8 heteroatoms. The van der Waals surface area contributed by atoms with Crippen LogP contribution >= 0.6 is 0 Å². The first-order chi connectivity index (χ1) is 11.3. The fourth-order valence-electron chi connectivity index (χ4n) is 2.54. The van der Waals surface area contributed by atoms with E-state index < -0.39 is 11.9 Å². The van der Waals surface area contributed by atoms with E-state index >= 15 is 0 Å². The number of ether oxygens (including phenoxy) is 2. The van der Waals surface area contributed by atoms with E-state index in [-0.39, 0.29) is 28.1 Å². The van der Waals surface area contributed by atoms with Crippen molar-refractivity contribution in [2.45, 2.75) is 13.8 Å². The maximum Gasteiger partial charge on any atom is 0.344 e. The predicted octanol–water partition coefficient (Wildman–Crippen LogP) is 0.810. The van der Waals surface area contributed by atoms with Gasteiger partial charge in [0.15, 0.2) is 12.4 Å². The Labute approximate surface area is 138 Å². The highest BCUT2D eigenvalue weighted by atomic mass is 16.5. The third kappa shape index (κ3) is 2.73. The number of carbonyl (C=O) groups is 2. The Morgan fingerprint density at radius 3 is 1.92 bits per heavy atom. The van der Waals surface area contributed by atoms with Crippen LogP contribution in [0.25, 0.3) is 11.1 Å². The quantitative estimate of drug-likeness (QED) is 0.468. The molecule has 24 heavy (non-hydrogen) atoms. The molecule has 0 radical (unpaired) electrons. The molecule has 0 aromatic carbocycles. The number of pyridine rings is 2. The number of carbonyl (C=O) groups excluding carboxylic acids is 2. The summed E-state index contributed by atoms with van der Waals surface area (Å²) in [6.07, 6.45) is 2.46. The van der Waals surface area contributed by atoms with Crippen LogP contribution < -0.4 is 9.46 Å². The van der Waals surface area contributed by atoms with Crippen molar-refractivity contribution in [3.05, 3.63) is 57.5 Å². The highest BCUT2D eigenvalue weighted by molar-refractivity contribution is 6.06. The zero-order chi connectivity index (χ0) is 18.0. The minimum atomic E-state index is -0.793. The van der Waals surface area contributed by atoms with E-state index in [1.807, 2.05) is 0 Å². The van der Waals surface area contributed by atoms with Crippen LogP contribution in [0.5, 0.6) is 0 Å². The molecule has 2 aromatic rings. The topological polar surface area (TPSA) is 106 Å². The van der Waals surface area contributed by atoms with Crippen LogP contribution in [0.1, 0.15) is 32.1 Å². The summed E-state index contributed by atoms with van der Waals surface area (Å²) in [6.45, 7) is 2.87. The number of hydrogen-bond donors (Lipinski definition) is 0. The Balaban J connectivity index is 3.01. The summed E-state index contributed by atoms with van der Waals surface area (Å²) in [5, 5.41) is 24.0. The smallest absolute Gasteiger partial charge is 0.344 e. The monoisotopic (exact) mass is 332 g/mol. The molecule has 2 aromatic heterocycles. The first-order valence-electron chi connectivity index (χ1n) is 6.96. The molecule has 0 saturated carbocycles. The van der Waals surface area contributed by atoms with Gasteiger partial charge in [-0.3, -0.25) is 0 Å². The minimum Gasteiger partial charge on any atom is -0.619 e. The number of rotatable bonds is 3. The van der Waals surface area contributed by atoms with Gasteiger partial charge in [-0.15, -0.1) is 0 Å². The fraction of sp³-hybridized carbons (Fsp3) is 0.250. The SMILES string of the molecule is COC(=O)c1c(-c2ccc[n+]([O-])c2)c(C(=O)OC)c(C)[n+]([O-])c1C. The number of aromatic nitrogens is 2. The van der Waals surface area contributed by atoms with Crippen LogP contribution in [0, 0.1) is 24.3 Å². The molecule has 0 aliphatic carbocycles. The van der Waals surface area contributed by atoms with Crippen molar-refractivity contribution in [2.75, 3.05) is 14.2 Å². The average molecular weight is 332 g/mol. The van der Waals surface area contributed by atoms with Gasteiger partial charge in [0.25, 0.3) is 0 Å². The van der Waals surface area contributed by atoms with E-state index in [0.29, 0.717) is 15.0 Å². The van der Waals surface area contributed by atoms with Crippen molar-refractivity contribution < 1.29 is 28.5 Å². The van der Waals surface area contributed by atoms with Crippen LogP contribution in [0.2, 0.25) is 0 Å². The fourth-order valence-corrected chi connectivity index (χ4v) is 2.54. The minimum absolute atomic E-state index is 0.0586. The van der Waals surface area contributed by atoms with Crippen molar-refractivity contribution in [1.82, 2.24) is 0 Å². The van der Waals surface area contributed by atoms with E-state index in [1.165, 1.54) is 32.3 Å². The van der Waals surface area contributed by atoms with E-state index in [0.717, 1.165) is 14.2 Å². The highest BCUT2D eigenvalue weighted by Gasteiger charge is 2.33. The van der Waals surface area contributed by atoms with E-state index in [9.17, 15) is 20.0 Å². The Bertz CT molecular complexity index is 789. The lowest BCUT2D eigenvalue weighted by Gasteiger charge is -2.17. The lowest BCUT2D eigenvalue weighted by atomic mass is 9.93. The lowest BCUT2D eigenvalue weighted by Crippen LogP contribution is -2.39. The summed E-state index contributed by atoms with van der Waals surface area (Å²) in [5.74, 6) is -1.59. The van der Waals surface area contributed by atoms with Gasteiger partial charge in [-0.05, 0) is 6.07 Å². The second-order valence-corrected chi connectivity index (χ2v) is 5.03. The first-order valence-corrected chi connectivity index (χ1v) is 6.96. The molecule has 0 saturated heterocycles. The second-order valence-electron chi connectivity index (χ2n) is 5.03. The molecule has 0 fully saturated rings. The van der Waals surface area contributed by atoms with Gasteiger partial charge in [0, 0.05) is 31.0 Å². The molecule has 126 valence electrons. The molecule has 2 heterocycles. The van der Waals surface area contributed by atoms with Crippen LogP contribution in [-0.2, 0) is 9.47 Å². The molecule has 2 rings (SSSR count). The molecule has 8 nitrogen and oxygen atoms in total. The van der Waals surface area contributed by atoms with Crippen LogP contribution in [0.4, 0.5) is 0 Å². The Morgan fingerprint density at radius 2 is 1.50 bits per heavy atom. The number of esters is 2. The van der Waals surface area contributed by atoms with Gasteiger partial charge >= 0.3 is 11.9 Å². The Morgan fingerprint density at radius 1 is 1.00 bits per heavy atom. The van der Waals surface area contributed by atoms with E-state index in [4.69, 9.17) is 9.47 Å². The van der Waals surface area contributed by atoms with Crippen molar-refractivity contribution in [3.63, 3.8) is 0 Å². The lowest BCUT2D eigenvalue weighted by molar-refractivity contribution is -0.619. The summed E-state index contributed by atoms with van der Waals surface area (Å²) in [4.78, 5) is 24.5. The molecule has 0 amide bonds. The number of methoxy groups -OCH3 is 2. The summed E-state index contributed by atoms with van der Waals surface area (Å²) in [5.41, 5.74) is 0.349. The molecule has 0 atom stereocenters. The van der Waals surface area contributed by atoms with Gasteiger partial charge in [0.2, 0.25) is 11.4 Å². The molecular weight excluding hydrogens is 316 g/mol. The Hall–Kier alpha value is -3.16. The standard InChI is InChI=1S/C16H16N2O6/c1-9-12(15(19)23-3)14(11-6-5-7-17(21)8-11)13(16(20)24-4)10(2)18(9)22/h5-8H,1-4H3. The van der Waals surface area contributed by atoms with Crippen molar-refractivity contribution in [3.8, 4) is 11.1 Å². The molecule has 0 unspecified atom stereocenters. The number of hydrogen-bond acceptors (Lipinski definition) is 6. The maximum absolute atomic E-state index is 12.3. The normalized spacial score (nSPS) is 10.3. The number of nitrogens with zero attached hydrogens (tertiary/aromatic N) is 2. The largest absolute Gasteiger partial charge is 0.619 e. The summed E-state index contributed by atoms with van der Waals surface area (Å²) >= 11 is 0. The van der Waals surface area contributed by atoms with Crippen LogP contribution in [-0.4, -0.2) is 26.2 Å². The molecule has 0 aliphatic rings. The van der Waals surface area contributed by atoms with Crippen LogP contribution in [0.15, 0.2) is 24.5 Å². The zero-order valence-electron chi connectivity index (χ0n) is 13.7. The van der Waals surface area contributed by atoms with Gasteiger partial charge in [-0.25, -0.2) is 9.59 Å². The van der Waals surface area contributed by atoms with Gasteiger partial charge < -0.3 is 19.9 Å². The second kappa shape index (κ2) is 6.53. The summed E-state index contributed by atoms with van der Waals surface area (Å²) in [7, 11) is 2.33. The van der Waals surface area contributed by atoms with E-state index in [1.54, 1.807) is 6.07 Å². The average Bonchev–Trinajstić information content (AvgIpc) is 2.58. The van der Waals surface area contributed by atoms with E-state index in [2.05, 4.69) is 0 Å². The molecular formula is C16H16N2O6. The molecule has 0 N–H and O–H groups in total. The third-order valence-electron chi connectivity index (χ3n) is 3.68. The predicted molar refractivity (Wildman–Crippen MR) is 82.0 cm³/mol. The molecule has 0 spiro atoms. The first kappa shape index (κ1) is 17.2. The van der Waals surface area contributed by atoms with Gasteiger partial charge in [0.1, 0.15) is 11.1 Å². The van der Waals surface area contributed by atoms with Crippen molar-refractivity contribution in [2.24, 2.45) is 0 Å². The summed E-state index contributed by atoms with van der Waals surface area (Å²) < 4.78 is 10.5. The van der Waals surface area contributed by atoms with Crippen molar-refractivity contribution >= 4 is 11.9 Å². The maximum atomic E-state index is 12.3. The van der Waals surface area contributed by atoms with Crippen molar-refractivity contribution in [1.29, 1.82) is 0 Å². The third-order valence-corrected chi connectivity index (χ3v) is 3.68. The summed E-state index contributed by atoms with van der Waals surface area (Å²) in [6, 6.07) is 3.02. The van der Waals surface area contributed by atoms with Gasteiger partial charge in [-0.1, -0.05) is 0 Å². The zero-order valence-corrected chi connectivity index (χ0v) is 13.7.